The number of halogens is 2. The third kappa shape index (κ3) is 2.70. The molecule has 5 heteroatoms. The molecule has 104 valence electrons. The molecule has 0 bridgehead atoms. The van der Waals surface area contributed by atoms with Crippen molar-refractivity contribution in [3.8, 4) is 0 Å². The SMILES string of the molecule is C=CC(O)(c1cnccn1)C(C)c1ccc(Cl)cc1Cl. The van der Waals surface area contributed by atoms with E-state index in [0.717, 1.165) is 5.56 Å². The van der Waals surface area contributed by atoms with Crippen molar-refractivity contribution < 1.29 is 5.11 Å². The largest absolute Gasteiger partial charge is 0.379 e. The van der Waals surface area contributed by atoms with Crippen LogP contribution in [0.1, 0.15) is 24.1 Å². The fourth-order valence-electron chi connectivity index (χ4n) is 2.10. The van der Waals surface area contributed by atoms with E-state index in [1.54, 1.807) is 24.4 Å². The lowest BCUT2D eigenvalue weighted by Gasteiger charge is -2.31. The Labute approximate surface area is 127 Å². The van der Waals surface area contributed by atoms with E-state index in [0.29, 0.717) is 15.7 Å². The predicted octanol–water partition coefficient (Wildman–Crippen LogP) is 3.96. The summed E-state index contributed by atoms with van der Waals surface area (Å²) in [5.41, 5.74) is -0.163. The zero-order valence-electron chi connectivity index (χ0n) is 10.9. The van der Waals surface area contributed by atoms with Gasteiger partial charge in [0.1, 0.15) is 5.60 Å². The molecular formula is C15H14Cl2N2O. The van der Waals surface area contributed by atoms with Crippen LogP contribution in [0.5, 0.6) is 0 Å². The molecule has 2 unspecified atom stereocenters. The minimum absolute atomic E-state index is 0.346. The summed E-state index contributed by atoms with van der Waals surface area (Å²) in [6, 6.07) is 5.18. The first-order valence-corrected chi connectivity index (χ1v) is 6.82. The lowest BCUT2D eigenvalue weighted by atomic mass is 9.81. The molecule has 0 saturated heterocycles. The van der Waals surface area contributed by atoms with Crippen LogP contribution >= 0.6 is 23.2 Å². The fourth-order valence-corrected chi connectivity index (χ4v) is 2.67. The maximum Gasteiger partial charge on any atom is 0.132 e. The normalized spacial score (nSPS) is 15.4. The third-order valence-corrected chi connectivity index (χ3v) is 3.94. The molecule has 1 heterocycles. The van der Waals surface area contributed by atoms with E-state index in [-0.39, 0.29) is 5.92 Å². The smallest absolute Gasteiger partial charge is 0.132 e. The number of aromatic nitrogens is 2. The fraction of sp³-hybridized carbons (Fsp3) is 0.200. The second kappa shape index (κ2) is 5.92. The molecule has 1 aromatic heterocycles. The van der Waals surface area contributed by atoms with Crippen LogP contribution in [-0.4, -0.2) is 15.1 Å². The van der Waals surface area contributed by atoms with E-state index >= 15 is 0 Å². The van der Waals surface area contributed by atoms with Gasteiger partial charge in [-0.3, -0.25) is 9.97 Å². The van der Waals surface area contributed by atoms with E-state index < -0.39 is 5.60 Å². The Balaban J connectivity index is 2.48. The lowest BCUT2D eigenvalue weighted by molar-refractivity contribution is 0.0594. The molecule has 2 aromatic rings. The third-order valence-electron chi connectivity index (χ3n) is 3.37. The van der Waals surface area contributed by atoms with Gasteiger partial charge in [0, 0.05) is 28.4 Å². The Hall–Kier alpha value is -1.42. The number of aliphatic hydroxyl groups is 1. The van der Waals surface area contributed by atoms with Crippen molar-refractivity contribution in [2.45, 2.75) is 18.4 Å². The van der Waals surface area contributed by atoms with Crippen LogP contribution in [0.15, 0.2) is 49.4 Å². The molecule has 0 fully saturated rings. The van der Waals surface area contributed by atoms with Crippen LogP contribution in [0.3, 0.4) is 0 Å². The van der Waals surface area contributed by atoms with Crippen LogP contribution in [-0.2, 0) is 5.60 Å². The van der Waals surface area contributed by atoms with Gasteiger partial charge in [-0.05, 0) is 17.7 Å². The molecule has 0 saturated carbocycles. The minimum Gasteiger partial charge on any atom is -0.379 e. The first-order valence-electron chi connectivity index (χ1n) is 6.06. The number of rotatable bonds is 4. The first-order chi connectivity index (χ1) is 9.49. The molecule has 0 radical (unpaired) electrons. The number of nitrogens with zero attached hydrogens (tertiary/aromatic N) is 2. The lowest BCUT2D eigenvalue weighted by Crippen LogP contribution is -2.31. The number of benzene rings is 1. The van der Waals surface area contributed by atoms with E-state index in [1.165, 1.54) is 18.5 Å². The average Bonchev–Trinajstić information content (AvgIpc) is 2.46. The van der Waals surface area contributed by atoms with Crippen LogP contribution < -0.4 is 0 Å². The highest BCUT2D eigenvalue weighted by Gasteiger charge is 2.36. The summed E-state index contributed by atoms with van der Waals surface area (Å²) in [7, 11) is 0. The van der Waals surface area contributed by atoms with Gasteiger partial charge in [-0.25, -0.2) is 0 Å². The molecule has 0 spiro atoms. The molecule has 0 aliphatic heterocycles. The van der Waals surface area contributed by atoms with E-state index in [1.807, 2.05) is 6.92 Å². The van der Waals surface area contributed by atoms with Crippen LogP contribution in [0.2, 0.25) is 10.0 Å². The van der Waals surface area contributed by atoms with Crippen LogP contribution in [0, 0.1) is 0 Å². The van der Waals surface area contributed by atoms with Gasteiger partial charge in [0.2, 0.25) is 0 Å². The number of hydrogen-bond donors (Lipinski definition) is 1. The summed E-state index contributed by atoms with van der Waals surface area (Å²) in [5, 5.41) is 11.9. The Morgan fingerprint density at radius 2 is 2.10 bits per heavy atom. The van der Waals surface area contributed by atoms with Crippen LogP contribution in [0.25, 0.3) is 0 Å². The van der Waals surface area contributed by atoms with Gasteiger partial charge in [-0.15, -0.1) is 0 Å². The van der Waals surface area contributed by atoms with Gasteiger partial charge < -0.3 is 5.11 Å². The first kappa shape index (κ1) is 15.0. The number of hydrogen-bond acceptors (Lipinski definition) is 3. The summed E-state index contributed by atoms with van der Waals surface area (Å²) in [6.07, 6.45) is 6.04. The van der Waals surface area contributed by atoms with Gasteiger partial charge in [-0.2, -0.15) is 0 Å². The van der Waals surface area contributed by atoms with Crippen molar-refractivity contribution in [2.75, 3.05) is 0 Å². The summed E-state index contributed by atoms with van der Waals surface area (Å²) in [4.78, 5) is 8.15. The van der Waals surface area contributed by atoms with Crippen molar-refractivity contribution in [1.29, 1.82) is 0 Å². The summed E-state index contributed by atoms with van der Waals surface area (Å²) in [5.74, 6) is -0.346. The second-order valence-electron chi connectivity index (χ2n) is 4.51. The quantitative estimate of drug-likeness (QED) is 0.870. The molecule has 0 aliphatic carbocycles. The van der Waals surface area contributed by atoms with Gasteiger partial charge in [-0.1, -0.05) is 48.8 Å². The molecular weight excluding hydrogens is 295 g/mol. The topological polar surface area (TPSA) is 46.0 Å². The maximum absolute atomic E-state index is 10.9. The minimum atomic E-state index is -1.36. The van der Waals surface area contributed by atoms with Gasteiger partial charge >= 0.3 is 0 Å². The summed E-state index contributed by atoms with van der Waals surface area (Å²) in [6.45, 7) is 5.57. The maximum atomic E-state index is 10.9. The highest BCUT2D eigenvalue weighted by molar-refractivity contribution is 6.35. The summed E-state index contributed by atoms with van der Waals surface area (Å²) < 4.78 is 0. The highest BCUT2D eigenvalue weighted by atomic mass is 35.5. The zero-order valence-corrected chi connectivity index (χ0v) is 12.4. The van der Waals surface area contributed by atoms with Crippen molar-refractivity contribution in [3.05, 3.63) is 70.7 Å². The van der Waals surface area contributed by atoms with Gasteiger partial charge in [0.25, 0.3) is 0 Å². The monoisotopic (exact) mass is 308 g/mol. The van der Waals surface area contributed by atoms with E-state index in [4.69, 9.17) is 23.2 Å². The van der Waals surface area contributed by atoms with Gasteiger partial charge in [0.15, 0.2) is 0 Å². The van der Waals surface area contributed by atoms with Crippen molar-refractivity contribution in [3.63, 3.8) is 0 Å². The zero-order chi connectivity index (χ0) is 14.8. The standard InChI is InChI=1S/C15H14Cl2N2O/c1-3-15(20,14-9-18-6-7-19-14)10(2)12-5-4-11(16)8-13(12)17/h3-10,20H,1H2,2H3. The van der Waals surface area contributed by atoms with Gasteiger partial charge in [0.05, 0.1) is 11.9 Å². The molecule has 2 rings (SSSR count). The van der Waals surface area contributed by atoms with Crippen molar-refractivity contribution in [2.24, 2.45) is 0 Å². The Morgan fingerprint density at radius 1 is 1.35 bits per heavy atom. The molecule has 1 N–H and O–H groups in total. The Bertz CT molecular complexity index is 619. The average molecular weight is 309 g/mol. The Morgan fingerprint density at radius 3 is 2.65 bits per heavy atom. The van der Waals surface area contributed by atoms with Crippen molar-refractivity contribution in [1.82, 2.24) is 9.97 Å². The molecule has 3 nitrogen and oxygen atoms in total. The van der Waals surface area contributed by atoms with Crippen molar-refractivity contribution >= 4 is 23.2 Å². The molecule has 2 atom stereocenters. The molecule has 20 heavy (non-hydrogen) atoms. The van der Waals surface area contributed by atoms with E-state index in [2.05, 4.69) is 16.5 Å². The predicted molar refractivity (Wildman–Crippen MR) is 81.0 cm³/mol. The second-order valence-corrected chi connectivity index (χ2v) is 5.35. The van der Waals surface area contributed by atoms with Crippen LogP contribution in [0.4, 0.5) is 0 Å². The van der Waals surface area contributed by atoms with E-state index in [9.17, 15) is 5.11 Å². The molecule has 0 amide bonds. The summed E-state index contributed by atoms with van der Waals surface area (Å²) >= 11 is 12.1. The Kier molecular flexibility index (Phi) is 4.43. The molecule has 0 aliphatic rings. The highest BCUT2D eigenvalue weighted by Crippen LogP contribution is 2.39. The molecule has 1 aromatic carbocycles.